The van der Waals surface area contributed by atoms with Gasteiger partial charge in [-0.05, 0) is 40.0 Å². The minimum Gasteiger partial charge on any atom is -0.444 e. The van der Waals surface area contributed by atoms with E-state index in [9.17, 15) is 9.59 Å². The molecule has 5 nitrogen and oxygen atoms in total. The first-order valence-corrected chi connectivity index (χ1v) is 6.13. The van der Waals surface area contributed by atoms with Gasteiger partial charge in [-0.3, -0.25) is 4.79 Å². The van der Waals surface area contributed by atoms with Crippen molar-refractivity contribution >= 4 is 12.0 Å². The van der Waals surface area contributed by atoms with Gasteiger partial charge in [0.05, 0.1) is 0 Å². The highest BCUT2D eigenvalue weighted by Gasteiger charge is 2.22. The van der Waals surface area contributed by atoms with Crippen molar-refractivity contribution in [2.45, 2.75) is 58.1 Å². The lowest BCUT2D eigenvalue weighted by Gasteiger charge is -2.19. The molecule has 0 unspecified atom stereocenters. The molecule has 1 aliphatic carbocycles. The highest BCUT2D eigenvalue weighted by molar-refractivity contribution is 5.76. The Balaban J connectivity index is 1.99. The second kappa shape index (κ2) is 5.89. The van der Waals surface area contributed by atoms with Crippen LogP contribution in [0.3, 0.4) is 0 Å². The average Bonchev–Trinajstić information content (AvgIpc) is 2.93. The molecule has 0 heterocycles. The Morgan fingerprint density at radius 2 is 1.94 bits per heavy atom. The lowest BCUT2D eigenvalue weighted by Crippen LogP contribution is -2.33. The third-order valence-corrected chi connectivity index (χ3v) is 2.19. The van der Waals surface area contributed by atoms with Gasteiger partial charge >= 0.3 is 6.09 Å². The molecule has 0 aliphatic heterocycles. The Kier molecular flexibility index (Phi) is 4.78. The quantitative estimate of drug-likeness (QED) is 0.719. The van der Waals surface area contributed by atoms with Crippen molar-refractivity contribution in [1.82, 2.24) is 10.6 Å². The minimum atomic E-state index is -0.479. The van der Waals surface area contributed by atoms with Crippen LogP contribution in [0.15, 0.2) is 0 Å². The molecule has 5 heteroatoms. The second-order valence-corrected chi connectivity index (χ2v) is 5.37. The van der Waals surface area contributed by atoms with Crippen LogP contribution in [-0.2, 0) is 9.53 Å². The Bertz CT molecular complexity index is 280. The molecule has 0 aromatic heterocycles. The molecular weight excluding hydrogens is 220 g/mol. The largest absolute Gasteiger partial charge is 0.444 e. The van der Waals surface area contributed by atoms with Gasteiger partial charge in [0, 0.05) is 19.0 Å². The molecule has 98 valence electrons. The second-order valence-electron chi connectivity index (χ2n) is 5.37. The maximum Gasteiger partial charge on any atom is 0.407 e. The average molecular weight is 242 g/mol. The van der Waals surface area contributed by atoms with Crippen molar-refractivity contribution in [1.29, 1.82) is 0 Å². The molecule has 1 saturated carbocycles. The molecular formula is C12H22N2O3. The van der Waals surface area contributed by atoms with E-state index in [2.05, 4.69) is 10.6 Å². The van der Waals surface area contributed by atoms with E-state index in [1.54, 1.807) is 0 Å². The molecule has 0 aromatic rings. The first-order chi connectivity index (χ1) is 7.87. The summed E-state index contributed by atoms with van der Waals surface area (Å²) in [6.45, 7) is 5.91. The fourth-order valence-corrected chi connectivity index (χ4v) is 1.28. The van der Waals surface area contributed by atoms with Gasteiger partial charge in [0.2, 0.25) is 5.91 Å². The van der Waals surface area contributed by atoms with E-state index in [0.29, 0.717) is 25.4 Å². The van der Waals surface area contributed by atoms with Crippen molar-refractivity contribution in [3.05, 3.63) is 0 Å². The van der Waals surface area contributed by atoms with Crippen molar-refractivity contribution < 1.29 is 14.3 Å². The molecule has 0 aromatic carbocycles. The number of amides is 2. The molecule has 2 amide bonds. The molecule has 1 fully saturated rings. The lowest BCUT2D eigenvalue weighted by atomic mass is 10.2. The third-order valence-electron chi connectivity index (χ3n) is 2.19. The predicted molar refractivity (Wildman–Crippen MR) is 64.6 cm³/mol. The van der Waals surface area contributed by atoms with Crippen LogP contribution in [0.1, 0.15) is 46.5 Å². The van der Waals surface area contributed by atoms with Crippen molar-refractivity contribution in [2.24, 2.45) is 0 Å². The Morgan fingerprint density at radius 1 is 1.29 bits per heavy atom. The van der Waals surface area contributed by atoms with Crippen LogP contribution < -0.4 is 10.6 Å². The van der Waals surface area contributed by atoms with Gasteiger partial charge in [0.15, 0.2) is 0 Å². The molecule has 0 spiro atoms. The van der Waals surface area contributed by atoms with E-state index < -0.39 is 11.7 Å². The molecule has 1 aliphatic rings. The van der Waals surface area contributed by atoms with E-state index in [4.69, 9.17) is 4.74 Å². The van der Waals surface area contributed by atoms with Crippen molar-refractivity contribution in [2.75, 3.05) is 6.54 Å². The van der Waals surface area contributed by atoms with Crippen molar-refractivity contribution in [3.8, 4) is 0 Å². The topological polar surface area (TPSA) is 67.4 Å². The summed E-state index contributed by atoms with van der Waals surface area (Å²) in [5.74, 6) is 0.0680. The van der Waals surface area contributed by atoms with Gasteiger partial charge in [0.1, 0.15) is 5.60 Å². The molecule has 0 atom stereocenters. The summed E-state index contributed by atoms with van der Waals surface area (Å²) in [5, 5.41) is 5.52. The Labute approximate surface area is 102 Å². The van der Waals surface area contributed by atoms with Crippen LogP contribution >= 0.6 is 0 Å². The highest BCUT2D eigenvalue weighted by atomic mass is 16.6. The molecule has 1 rings (SSSR count). The number of ether oxygens (including phenoxy) is 1. The van der Waals surface area contributed by atoms with E-state index >= 15 is 0 Å². The maximum absolute atomic E-state index is 11.3. The highest BCUT2D eigenvalue weighted by Crippen LogP contribution is 2.18. The molecule has 0 saturated heterocycles. The smallest absolute Gasteiger partial charge is 0.407 e. The number of nitrogens with one attached hydrogen (secondary N) is 2. The molecule has 17 heavy (non-hydrogen) atoms. The SMILES string of the molecule is CC(C)(C)OC(=O)NCCCC(=O)NC1CC1. The van der Waals surface area contributed by atoms with Gasteiger partial charge in [-0.1, -0.05) is 0 Å². The number of carbonyl (C=O) groups is 2. The van der Waals surface area contributed by atoms with Crippen LogP contribution in [0.25, 0.3) is 0 Å². The maximum atomic E-state index is 11.3. The summed E-state index contributed by atoms with van der Waals surface area (Å²) in [5.41, 5.74) is -0.479. The van der Waals surface area contributed by atoms with E-state index in [1.807, 2.05) is 20.8 Å². The fraction of sp³-hybridized carbons (Fsp3) is 0.833. The monoisotopic (exact) mass is 242 g/mol. The van der Waals surface area contributed by atoms with Gasteiger partial charge in [-0.25, -0.2) is 4.79 Å². The number of rotatable bonds is 5. The summed E-state index contributed by atoms with van der Waals surface area (Å²) in [6, 6.07) is 0.404. The van der Waals surface area contributed by atoms with Crippen molar-refractivity contribution in [3.63, 3.8) is 0 Å². The molecule has 2 N–H and O–H groups in total. The van der Waals surface area contributed by atoms with Crippen LogP contribution in [0.2, 0.25) is 0 Å². The summed E-state index contributed by atoms with van der Waals surface area (Å²) < 4.78 is 5.07. The third kappa shape index (κ3) is 7.60. The Morgan fingerprint density at radius 3 is 2.47 bits per heavy atom. The number of hydrogen-bond acceptors (Lipinski definition) is 3. The number of hydrogen-bond donors (Lipinski definition) is 2. The van der Waals surface area contributed by atoms with Gasteiger partial charge in [-0.15, -0.1) is 0 Å². The molecule has 0 bridgehead atoms. The normalized spacial score (nSPS) is 15.2. The minimum absolute atomic E-state index is 0.0680. The summed E-state index contributed by atoms with van der Waals surface area (Å²) in [6.07, 6.45) is 2.86. The van der Waals surface area contributed by atoms with Gasteiger partial charge in [0.25, 0.3) is 0 Å². The van der Waals surface area contributed by atoms with E-state index in [-0.39, 0.29) is 5.91 Å². The summed E-state index contributed by atoms with van der Waals surface area (Å²) >= 11 is 0. The summed E-state index contributed by atoms with van der Waals surface area (Å²) in [4.78, 5) is 22.6. The fourth-order valence-electron chi connectivity index (χ4n) is 1.28. The van der Waals surface area contributed by atoms with Gasteiger partial charge < -0.3 is 15.4 Å². The first-order valence-electron chi connectivity index (χ1n) is 6.13. The van der Waals surface area contributed by atoms with Crippen LogP contribution in [-0.4, -0.2) is 30.2 Å². The van der Waals surface area contributed by atoms with Crippen LogP contribution in [0, 0.1) is 0 Å². The van der Waals surface area contributed by atoms with E-state index in [1.165, 1.54) is 0 Å². The number of carbonyl (C=O) groups excluding carboxylic acids is 2. The van der Waals surface area contributed by atoms with Crippen LogP contribution in [0.5, 0.6) is 0 Å². The van der Waals surface area contributed by atoms with Crippen LogP contribution in [0.4, 0.5) is 4.79 Å². The zero-order valence-electron chi connectivity index (χ0n) is 10.8. The lowest BCUT2D eigenvalue weighted by molar-refractivity contribution is -0.121. The molecule has 0 radical (unpaired) electrons. The summed E-state index contributed by atoms with van der Waals surface area (Å²) in [7, 11) is 0. The zero-order chi connectivity index (χ0) is 12.9. The first kappa shape index (κ1) is 13.8. The predicted octanol–water partition coefficient (Wildman–Crippen LogP) is 1.57. The Hall–Kier alpha value is -1.26. The van der Waals surface area contributed by atoms with E-state index in [0.717, 1.165) is 12.8 Å². The van der Waals surface area contributed by atoms with Gasteiger partial charge in [-0.2, -0.15) is 0 Å². The standard InChI is InChI=1S/C12H22N2O3/c1-12(2,3)17-11(16)13-8-4-5-10(15)14-9-6-7-9/h9H,4-8H2,1-3H3,(H,13,16)(H,14,15). The zero-order valence-corrected chi connectivity index (χ0v) is 10.8. The number of alkyl carbamates (subject to hydrolysis) is 1.